The predicted molar refractivity (Wildman–Crippen MR) is 77.0 cm³/mol. The van der Waals surface area contributed by atoms with Gasteiger partial charge in [-0.25, -0.2) is 5.43 Å². The van der Waals surface area contributed by atoms with Crippen LogP contribution in [0.1, 0.15) is 22.8 Å². The molecule has 0 saturated carbocycles. The number of hydrogen-bond donors (Lipinski definition) is 1. The maximum absolute atomic E-state index is 12.2. The molecule has 0 aliphatic heterocycles. The van der Waals surface area contributed by atoms with Crippen LogP contribution in [0.25, 0.3) is 0 Å². The first-order valence-electron chi connectivity index (χ1n) is 6.36. The summed E-state index contributed by atoms with van der Waals surface area (Å²) in [6, 6.07) is 9.31. The molecule has 2 rings (SSSR count). The van der Waals surface area contributed by atoms with E-state index in [0.717, 1.165) is 0 Å². The van der Waals surface area contributed by atoms with E-state index in [2.05, 4.69) is 20.2 Å². The van der Waals surface area contributed by atoms with Crippen molar-refractivity contribution in [2.45, 2.75) is 13.5 Å². The summed E-state index contributed by atoms with van der Waals surface area (Å²) in [6.45, 7) is -1.25. The molecule has 0 saturated heterocycles. The Bertz CT molecular complexity index is 675. The van der Waals surface area contributed by atoms with E-state index in [4.69, 9.17) is 0 Å². The second-order valence-corrected chi connectivity index (χ2v) is 4.29. The largest absolute Gasteiger partial charge is 0.435 e. The monoisotopic (exact) mass is 305 g/mol. The quantitative estimate of drug-likeness (QED) is 0.682. The lowest BCUT2D eigenvalue weighted by molar-refractivity contribution is -0.0498. The highest BCUT2D eigenvalue weighted by molar-refractivity contribution is 6.01. The van der Waals surface area contributed by atoms with Crippen LogP contribution in [0.5, 0.6) is 5.75 Å². The van der Waals surface area contributed by atoms with E-state index in [9.17, 15) is 13.6 Å². The van der Waals surface area contributed by atoms with Gasteiger partial charge in [0.2, 0.25) is 0 Å². The van der Waals surface area contributed by atoms with Gasteiger partial charge in [0.05, 0.1) is 11.3 Å². The fourth-order valence-corrected chi connectivity index (χ4v) is 1.66. The molecule has 1 aromatic carbocycles. The maximum atomic E-state index is 12.2. The molecule has 7 heteroatoms. The summed E-state index contributed by atoms with van der Waals surface area (Å²) >= 11 is 0. The normalized spacial score (nSPS) is 11.4. The second-order valence-electron chi connectivity index (χ2n) is 4.29. The van der Waals surface area contributed by atoms with Crippen LogP contribution in [0.2, 0.25) is 0 Å². The minimum absolute atomic E-state index is 0.0284. The Balaban J connectivity index is 2.07. The smallest absolute Gasteiger partial charge is 0.387 e. The molecule has 1 amide bonds. The highest BCUT2D eigenvalue weighted by atomic mass is 19.3. The first-order chi connectivity index (χ1) is 10.6. The van der Waals surface area contributed by atoms with Gasteiger partial charge in [0.15, 0.2) is 0 Å². The third-order valence-corrected chi connectivity index (χ3v) is 2.73. The molecule has 0 atom stereocenters. The predicted octanol–water partition coefficient (Wildman–Crippen LogP) is 2.84. The van der Waals surface area contributed by atoms with E-state index in [1.807, 2.05) is 0 Å². The molecule has 5 nitrogen and oxygen atoms in total. The van der Waals surface area contributed by atoms with E-state index < -0.39 is 12.5 Å². The average Bonchev–Trinajstić information content (AvgIpc) is 2.52. The minimum atomic E-state index is -2.89. The third kappa shape index (κ3) is 4.34. The number of pyridine rings is 1. The molecule has 22 heavy (non-hydrogen) atoms. The highest BCUT2D eigenvalue weighted by Gasteiger charge is 2.07. The van der Waals surface area contributed by atoms with E-state index in [1.54, 1.807) is 37.4 Å². The van der Waals surface area contributed by atoms with Gasteiger partial charge in [-0.2, -0.15) is 13.9 Å². The fraction of sp³-hybridized carbons (Fsp3) is 0.133. The Morgan fingerprint density at radius 3 is 2.73 bits per heavy atom. The van der Waals surface area contributed by atoms with Gasteiger partial charge in [0, 0.05) is 18.0 Å². The zero-order chi connectivity index (χ0) is 15.9. The van der Waals surface area contributed by atoms with Gasteiger partial charge >= 0.3 is 6.61 Å². The van der Waals surface area contributed by atoms with Crippen molar-refractivity contribution in [2.24, 2.45) is 5.10 Å². The molecular weight excluding hydrogens is 292 g/mol. The molecule has 114 valence electrons. The SMILES string of the molecule is C/C(=N\NC(=O)c1cccnc1)c1cccc(OC(F)F)c1. The minimum Gasteiger partial charge on any atom is -0.435 e. The summed E-state index contributed by atoms with van der Waals surface area (Å²) in [5, 5.41) is 3.94. The lowest BCUT2D eigenvalue weighted by Crippen LogP contribution is -2.19. The van der Waals surface area contributed by atoms with Crippen LogP contribution in [0, 0.1) is 0 Å². The topological polar surface area (TPSA) is 63.6 Å². The highest BCUT2D eigenvalue weighted by Crippen LogP contribution is 2.16. The molecule has 0 bridgehead atoms. The van der Waals surface area contributed by atoms with E-state index >= 15 is 0 Å². The molecule has 0 aliphatic carbocycles. The van der Waals surface area contributed by atoms with Crippen LogP contribution in [-0.2, 0) is 0 Å². The fourth-order valence-electron chi connectivity index (χ4n) is 1.66. The van der Waals surface area contributed by atoms with Gasteiger partial charge in [0.1, 0.15) is 5.75 Å². The van der Waals surface area contributed by atoms with Crippen molar-refractivity contribution < 1.29 is 18.3 Å². The number of hydrogen-bond acceptors (Lipinski definition) is 4. The summed E-state index contributed by atoms with van der Waals surface area (Å²) in [5.41, 5.74) is 3.76. The summed E-state index contributed by atoms with van der Waals surface area (Å²) in [6.07, 6.45) is 2.97. The number of rotatable bonds is 5. The molecule has 2 aromatic rings. The number of carbonyl (C=O) groups is 1. The zero-order valence-corrected chi connectivity index (χ0v) is 11.7. The lowest BCUT2D eigenvalue weighted by Gasteiger charge is -2.07. The summed E-state index contributed by atoms with van der Waals surface area (Å²) in [7, 11) is 0. The Morgan fingerprint density at radius 2 is 2.05 bits per heavy atom. The lowest BCUT2D eigenvalue weighted by atomic mass is 10.1. The van der Waals surface area contributed by atoms with Gasteiger partial charge < -0.3 is 4.74 Å². The van der Waals surface area contributed by atoms with Gasteiger partial charge in [-0.05, 0) is 31.2 Å². The number of carbonyl (C=O) groups excluding carboxylic acids is 1. The van der Waals surface area contributed by atoms with Crippen molar-refractivity contribution in [1.29, 1.82) is 0 Å². The van der Waals surface area contributed by atoms with Crippen molar-refractivity contribution in [1.82, 2.24) is 10.4 Å². The van der Waals surface area contributed by atoms with Crippen LogP contribution in [0.15, 0.2) is 53.9 Å². The van der Waals surface area contributed by atoms with Crippen molar-refractivity contribution in [3.8, 4) is 5.75 Å². The summed E-state index contributed by atoms with van der Waals surface area (Å²) in [4.78, 5) is 15.6. The number of amides is 1. The molecule has 1 aromatic heterocycles. The van der Waals surface area contributed by atoms with Gasteiger partial charge in [0.25, 0.3) is 5.91 Å². The van der Waals surface area contributed by atoms with Crippen LogP contribution in [-0.4, -0.2) is 23.2 Å². The molecule has 0 unspecified atom stereocenters. The second kappa shape index (κ2) is 7.26. The zero-order valence-electron chi connectivity index (χ0n) is 11.7. The average molecular weight is 305 g/mol. The van der Waals surface area contributed by atoms with Crippen LogP contribution in [0.4, 0.5) is 8.78 Å². The van der Waals surface area contributed by atoms with Crippen molar-refractivity contribution >= 4 is 11.6 Å². The Morgan fingerprint density at radius 1 is 1.27 bits per heavy atom. The first-order valence-corrected chi connectivity index (χ1v) is 6.36. The Kier molecular flexibility index (Phi) is 5.13. The maximum Gasteiger partial charge on any atom is 0.387 e. The molecule has 0 fully saturated rings. The van der Waals surface area contributed by atoms with Crippen LogP contribution >= 0.6 is 0 Å². The number of benzene rings is 1. The van der Waals surface area contributed by atoms with E-state index in [1.165, 1.54) is 18.3 Å². The van der Waals surface area contributed by atoms with Gasteiger partial charge in [-0.15, -0.1) is 0 Å². The number of halogens is 2. The number of nitrogens with one attached hydrogen (secondary N) is 1. The number of alkyl halides is 2. The standard InChI is InChI=1S/C15H13F2N3O2/c1-10(11-4-2-6-13(8-11)22-15(16)17)19-20-14(21)12-5-3-7-18-9-12/h2-9,15H,1H3,(H,20,21)/b19-10+. The Labute approximate surface area is 125 Å². The Hall–Kier alpha value is -2.83. The number of ether oxygens (including phenoxy) is 1. The number of hydrazone groups is 1. The molecule has 1 heterocycles. The molecular formula is C15H13F2N3O2. The van der Waals surface area contributed by atoms with Crippen LogP contribution < -0.4 is 10.2 Å². The molecule has 1 N–H and O–H groups in total. The molecule has 0 aliphatic rings. The van der Waals surface area contributed by atoms with E-state index in [-0.39, 0.29) is 5.75 Å². The molecule has 0 radical (unpaired) electrons. The van der Waals surface area contributed by atoms with E-state index in [0.29, 0.717) is 16.8 Å². The van der Waals surface area contributed by atoms with Gasteiger partial charge in [-0.1, -0.05) is 12.1 Å². The number of aromatic nitrogens is 1. The van der Waals surface area contributed by atoms with Gasteiger partial charge in [-0.3, -0.25) is 9.78 Å². The summed E-state index contributed by atoms with van der Waals surface area (Å²) in [5.74, 6) is -0.381. The van der Waals surface area contributed by atoms with Crippen molar-refractivity contribution in [3.63, 3.8) is 0 Å². The van der Waals surface area contributed by atoms with Crippen LogP contribution in [0.3, 0.4) is 0 Å². The number of nitrogens with zero attached hydrogens (tertiary/aromatic N) is 2. The molecule has 0 spiro atoms. The third-order valence-electron chi connectivity index (χ3n) is 2.73. The van der Waals surface area contributed by atoms with Crippen molar-refractivity contribution in [2.75, 3.05) is 0 Å². The first kappa shape index (κ1) is 15.6. The summed E-state index contributed by atoms with van der Waals surface area (Å²) < 4.78 is 28.7. The van der Waals surface area contributed by atoms with Crippen molar-refractivity contribution in [3.05, 3.63) is 59.9 Å².